The van der Waals surface area contributed by atoms with Gasteiger partial charge in [0.1, 0.15) is 5.82 Å². The highest BCUT2D eigenvalue weighted by Gasteiger charge is 2.18. The van der Waals surface area contributed by atoms with E-state index in [-0.39, 0.29) is 0 Å². The number of hydrogen-bond acceptors (Lipinski definition) is 6. The van der Waals surface area contributed by atoms with Gasteiger partial charge in [-0.25, -0.2) is 0 Å². The van der Waals surface area contributed by atoms with Gasteiger partial charge in [0, 0.05) is 31.7 Å². The second-order valence-electron chi connectivity index (χ2n) is 5.92. The van der Waals surface area contributed by atoms with Crippen molar-refractivity contribution in [2.24, 2.45) is 7.05 Å². The highest BCUT2D eigenvalue weighted by Crippen LogP contribution is 2.25. The van der Waals surface area contributed by atoms with E-state index in [4.69, 9.17) is 21.3 Å². The summed E-state index contributed by atoms with van der Waals surface area (Å²) < 4.78 is 7.19. The largest absolute Gasteiger partial charge is 0.378 e. The van der Waals surface area contributed by atoms with Gasteiger partial charge >= 0.3 is 0 Å². The van der Waals surface area contributed by atoms with E-state index in [2.05, 4.69) is 20.3 Å². The van der Waals surface area contributed by atoms with E-state index in [1.807, 2.05) is 31.3 Å². The Balaban J connectivity index is 1.67. The van der Waals surface area contributed by atoms with Crippen LogP contribution in [0, 0.1) is 0 Å². The molecule has 0 radical (unpaired) electrons. The summed E-state index contributed by atoms with van der Waals surface area (Å²) in [7, 11) is 1.89. The molecular formula is C17H19ClN6O. The summed E-state index contributed by atoms with van der Waals surface area (Å²) in [5.74, 6) is 1.46. The number of aryl methyl sites for hydroxylation is 1. The molecule has 8 heteroatoms. The molecule has 3 heterocycles. The molecule has 0 saturated carbocycles. The van der Waals surface area contributed by atoms with E-state index in [1.165, 1.54) is 0 Å². The number of anilines is 2. The van der Waals surface area contributed by atoms with Gasteiger partial charge in [0.15, 0.2) is 5.65 Å². The lowest BCUT2D eigenvalue weighted by atomic mass is 10.2. The first kappa shape index (κ1) is 16.1. The van der Waals surface area contributed by atoms with Crippen LogP contribution in [0.2, 0.25) is 5.02 Å². The quantitative estimate of drug-likeness (QED) is 0.772. The fourth-order valence-corrected chi connectivity index (χ4v) is 3.07. The maximum absolute atomic E-state index is 6.25. The Morgan fingerprint density at radius 2 is 2.00 bits per heavy atom. The Morgan fingerprint density at radius 1 is 1.20 bits per heavy atom. The molecule has 1 fully saturated rings. The van der Waals surface area contributed by atoms with E-state index in [9.17, 15) is 0 Å². The third-order valence-corrected chi connectivity index (χ3v) is 4.65. The van der Waals surface area contributed by atoms with Gasteiger partial charge in [-0.2, -0.15) is 15.1 Å². The number of nitrogens with zero attached hydrogens (tertiary/aromatic N) is 5. The first-order chi connectivity index (χ1) is 12.2. The second kappa shape index (κ2) is 6.85. The minimum Gasteiger partial charge on any atom is -0.378 e. The second-order valence-corrected chi connectivity index (χ2v) is 6.33. The van der Waals surface area contributed by atoms with Gasteiger partial charge < -0.3 is 15.0 Å². The fraction of sp³-hybridized carbons (Fsp3) is 0.353. The van der Waals surface area contributed by atoms with E-state index < -0.39 is 0 Å². The van der Waals surface area contributed by atoms with Crippen molar-refractivity contribution in [1.82, 2.24) is 19.7 Å². The van der Waals surface area contributed by atoms with Gasteiger partial charge in [-0.15, -0.1) is 0 Å². The third-order valence-electron chi connectivity index (χ3n) is 4.28. The van der Waals surface area contributed by atoms with Crippen LogP contribution >= 0.6 is 11.6 Å². The van der Waals surface area contributed by atoms with Crippen LogP contribution in [-0.2, 0) is 18.3 Å². The van der Waals surface area contributed by atoms with Crippen molar-refractivity contribution in [2.45, 2.75) is 6.54 Å². The molecule has 1 aliphatic heterocycles. The van der Waals surface area contributed by atoms with Gasteiger partial charge in [0.05, 0.1) is 24.8 Å². The third kappa shape index (κ3) is 3.25. The van der Waals surface area contributed by atoms with Crippen molar-refractivity contribution >= 4 is 34.4 Å². The lowest BCUT2D eigenvalue weighted by molar-refractivity contribution is 0.122. The molecule has 0 atom stereocenters. The van der Waals surface area contributed by atoms with Crippen LogP contribution in [0.3, 0.4) is 0 Å². The molecule has 130 valence electrons. The zero-order valence-electron chi connectivity index (χ0n) is 13.9. The number of hydrogen-bond donors (Lipinski definition) is 1. The van der Waals surface area contributed by atoms with E-state index in [0.29, 0.717) is 25.7 Å². The predicted octanol–water partition coefficient (Wildman–Crippen LogP) is 2.47. The minimum absolute atomic E-state index is 0.587. The number of nitrogens with one attached hydrogen (secondary N) is 1. The van der Waals surface area contributed by atoms with Gasteiger partial charge in [0.2, 0.25) is 5.95 Å². The van der Waals surface area contributed by atoms with Crippen LogP contribution in [0.1, 0.15) is 5.56 Å². The van der Waals surface area contributed by atoms with Crippen molar-refractivity contribution in [3.8, 4) is 0 Å². The van der Waals surface area contributed by atoms with Gasteiger partial charge in [-0.3, -0.25) is 4.68 Å². The number of benzene rings is 1. The first-order valence-electron chi connectivity index (χ1n) is 8.22. The molecule has 4 rings (SSSR count). The molecule has 1 N–H and O–H groups in total. The molecule has 1 saturated heterocycles. The molecule has 1 aliphatic rings. The summed E-state index contributed by atoms with van der Waals surface area (Å²) >= 11 is 6.25. The SMILES string of the molecule is Cn1ncc2c(NCc3ccccc3Cl)nc(N3CCOCC3)nc21. The number of aromatic nitrogens is 4. The summed E-state index contributed by atoms with van der Waals surface area (Å²) in [6, 6.07) is 7.78. The molecular weight excluding hydrogens is 340 g/mol. The lowest BCUT2D eigenvalue weighted by Crippen LogP contribution is -2.37. The van der Waals surface area contributed by atoms with Crippen molar-refractivity contribution in [2.75, 3.05) is 36.5 Å². The van der Waals surface area contributed by atoms with Crippen LogP contribution in [0.25, 0.3) is 11.0 Å². The number of ether oxygens (including phenoxy) is 1. The molecule has 3 aromatic rings. The standard InChI is InChI=1S/C17H19ClN6O/c1-23-16-13(11-20-23)15(19-10-12-4-2-3-5-14(12)18)21-17(22-16)24-6-8-25-9-7-24/h2-5,11H,6-10H2,1H3,(H,19,21,22). The summed E-state index contributed by atoms with van der Waals surface area (Å²) in [6.07, 6.45) is 1.79. The zero-order chi connectivity index (χ0) is 17.2. The molecule has 0 spiro atoms. The normalized spacial score (nSPS) is 14.9. The van der Waals surface area contributed by atoms with Gasteiger partial charge in [0.25, 0.3) is 0 Å². The molecule has 0 bridgehead atoms. The Bertz CT molecular complexity index is 890. The van der Waals surface area contributed by atoms with Gasteiger partial charge in [-0.05, 0) is 11.6 Å². The summed E-state index contributed by atoms with van der Waals surface area (Å²) in [6.45, 7) is 3.54. The molecule has 0 aliphatic carbocycles. The van der Waals surface area contributed by atoms with Crippen molar-refractivity contribution in [3.05, 3.63) is 41.0 Å². The highest BCUT2D eigenvalue weighted by atomic mass is 35.5. The molecule has 25 heavy (non-hydrogen) atoms. The molecule has 0 amide bonds. The van der Waals surface area contributed by atoms with Crippen molar-refractivity contribution < 1.29 is 4.74 Å². The van der Waals surface area contributed by atoms with Crippen LogP contribution in [-0.4, -0.2) is 46.1 Å². The first-order valence-corrected chi connectivity index (χ1v) is 8.60. The van der Waals surface area contributed by atoms with Crippen molar-refractivity contribution in [1.29, 1.82) is 0 Å². The zero-order valence-corrected chi connectivity index (χ0v) is 14.7. The van der Waals surface area contributed by atoms with Crippen LogP contribution in [0.4, 0.5) is 11.8 Å². The van der Waals surface area contributed by atoms with E-state index in [0.717, 1.165) is 40.5 Å². The number of halogens is 1. The summed E-state index contributed by atoms with van der Waals surface area (Å²) in [5.41, 5.74) is 1.82. The lowest BCUT2D eigenvalue weighted by Gasteiger charge is -2.27. The Labute approximate surface area is 150 Å². The maximum Gasteiger partial charge on any atom is 0.229 e. The number of fused-ring (bicyclic) bond motifs is 1. The number of rotatable bonds is 4. The molecule has 0 unspecified atom stereocenters. The highest BCUT2D eigenvalue weighted by molar-refractivity contribution is 6.31. The Kier molecular flexibility index (Phi) is 4.42. The van der Waals surface area contributed by atoms with Crippen molar-refractivity contribution in [3.63, 3.8) is 0 Å². The smallest absolute Gasteiger partial charge is 0.229 e. The van der Waals surface area contributed by atoms with Gasteiger partial charge in [-0.1, -0.05) is 29.8 Å². The number of morpholine rings is 1. The van der Waals surface area contributed by atoms with E-state index >= 15 is 0 Å². The fourth-order valence-electron chi connectivity index (χ4n) is 2.87. The topological polar surface area (TPSA) is 68.1 Å². The average Bonchev–Trinajstić information content (AvgIpc) is 3.03. The molecule has 7 nitrogen and oxygen atoms in total. The summed E-state index contributed by atoms with van der Waals surface area (Å²) in [4.78, 5) is 11.6. The predicted molar refractivity (Wildman–Crippen MR) is 98.1 cm³/mol. The van der Waals surface area contributed by atoms with Crippen LogP contribution in [0.15, 0.2) is 30.5 Å². The Hall–Kier alpha value is -2.38. The van der Waals surface area contributed by atoms with Crippen LogP contribution in [0.5, 0.6) is 0 Å². The molecule has 2 aromatic heterocycles. The van der Waals surface area contributed by atoms with E-state index in [1.54, 1.807) is 10.9 Å². The Morgan fingerprint density at radius 3 is 2.80 bits per heavy atom. The molecule has 1 aromatic carbocycles. The minimum atomic E-state index is 0.587. The van der Waals surface area contributed by atoms with Crippen LogP contribution < -0.4 is 10.2 Å². The monoisotopic (exact) mass is 358 g/mol. The maximum atomic E-state index is 6.25. The average molecular weight is 359 g/mol. The summed E-state index contributed by atoms with van der Waals surface area (Å²) in [5, 5.41) is 9.34.